The number of nitriles is 1. The largest absolute Gasteiger partial charge is 0.508 e. The number of nitrogens with one attached hydrogen (secondary N) is 1. The summed E-state index contributed by atoms with van der Waals surface area (Å²) in [6, 6.07) is 20.8. The van der Waals surface area contributed by atoms with E-state index in [1.54, 1.807) is 12.1 Å². The predicted octanol–water partition coefficient (Wildman–Crippen LogP) is 5.57. The minimum atomic E-state index is -0.586. The van der Waals surface area contributed by atoms with Gasteiger partial charge in [-0.05, 0) is 60.5 Å². The summed E-state index contributed by atoms with van der Waals surface area (Å²) < 4.78 is 11.6. The van der Waals surface area contributed by atoms with Crippen molar-refractivity contribution in [2.24, 2.45) is 0 Å². The number of carbonyl (C=O) groups is 1. The molecule has 0 aromatic heterocycles. The van der Waals surface area contributed by atoms with Gasteiger partial charge < -0.3 is 19.9 Å². The van der Waals surface area contributed by atoms with Crippen LogP contribution in [0, 0.1) is 11.3 Å². The summed E-state index contributed by atoms with van der Waals surface area (Å²) in [5, 5.41) is 21.7. The first-order valence-electron chi connectivity index (χ1n) is 9.85. The van der Waals surface area contributed by atoms with Gasteiger partial charge in [-0.25, -0.2) is 0 Å². The monoisotopic (exact) mass is 448 g/mol. The van der Waals surface area contributed by atoms with Crippen LogP contribution >= 0.6 is 11.6 Å². The molecule has 0 aliphatic rings. The zero-order valence-electron chi connectivity index (χ0n) is 17.3. The highest BCUT2D eigenvalue weighted by molar-refractivity contribution is 6.32. The first-order valence-corrected chi connectivity index (χ1v) is 10.2. The lowest BCUT2D eigenvalue weighted by atomic mass is 10.1. The Kier molecular flexibility index (Phi) is 7.74. The van der Waals surface area contributed by atoms with Gasteiger partial charge in [0, 0.05) is 5.69 Å². The molecule has 0 unspecified atom stereocenters. The van der Waals surface area contributed by atoms with Gasteiger partial charge in [0.2, 0.25) is 0 Å². The Morgan fingerprint density at radius 3 is 2.50 bits per heavy atom. The van der Waals surface area contributed by atoms with E-state index < -0.39 is 5.91 Å². The number of benzene rings is 3. The molecule has 0 spiro atoms. The highest BCUT2D eigenvalue weighted by atomic mass is 35.5. The number of carbonyl (C=O) groups excluding carboxylic acids is 1. The van der Waals surface area contributed by atoms with E-state index in [0.717, 1.165) is 5.56 Å². The number of nitrogens with zero attached hydrogens (tertiary/aromatic N) is 1. The molecule has 0 fully saturated rings. The van der Waals surface area contributed by atoms with Crippen LogP contribution in [0.25, 0.3) is 6.08 Å². The summed E-state index contributed by atoms with van der Waals surface area (Å²) >= 11 is 6.45. The first-order chi connectivity index (χ1) is 15.5. The van der Waals surface area contributed by atoms with Crippen molar-refractivity contribution in [2.75, 3.05) is 11.9 Å². The molecule has 1 amide bonds. The van der Waals surface area contributed by atoms with Gasteiger partial charge in [0.1, 0.15) is 24.0 Å². The van der Waals surface area contributed by atoms with Crippen LogP contribution in [0.3, 0.4) is 0 Å². The number of phenols is 1. The quantitative estimate of drug-likeness (QED) is 0.267. The van der Waals surface area contributed by atoms with E-state index in [2.05, 4.69) is 5.32 Å². The lowest BCUT2D eigenvalue weighted by Gasteiger charge is -2.15. The number of hydrogen-bond acceptors (Lipinski definition) is 5. The number of hydrogen-bond donors (Lipinski definition) is 2. The molecule has 0 saturated carbocycles. The van der Waals surface area contributed by atoms with E-state index in [4.69, 9.17) is 21.1 Å². The average molecular weight is 449 g/mol. The van der Waals surface area contributed by atoms with Crippen LogP contribution in [0.5, 0.6) is 17.2 Å². The lowest BCUT2D eigenvalue weighted by Crippen LogP contribution is -2.13. The van der Waals surface area contributed by atoms with E-state index in [9.17, 15) is 15.2 Å². The van der Waals surface area contributed by atoms with Crippen LogP contribution in [-0.4, -0.2) is 17.6 Å². The smallest absolute Gasteiger partial charge is 0.266 e. The van der Waals surface area contributed by atoms with Gasteiger partial charge in [0.15, 0.2) is 11.5 Å². The highest BCUT2D eigenvalue weighted by Gasteiger charge is 2.15. The molecule has 3 rings (SSSR count). The highest BCUT2D eigenvalue weighted by Crippen LogP contribution is 2.38. The molecular weight excluding hydrogens is 428 g/mol. The Hall–Kier alpha value is -3.95. The second kappa shape index (κ2) is 10.9. The number of aromatic hydroxyl groups is 1. The Morgan fingerprint density at radius 2 is 1.84 bits per heavy atom. The molecule has 162 valence electrons. The van der Waals surface area contributed by atoms with E-state index >= 15 is 0 Å². The molecule has 0 radical (unpaired) electrons. The fourth-order valence-corrected chi connectivity index (χ4v) is 3.14. The van der Waals surface area contributed by atoms with Crippen molar-refractivity contribution in [1.29, 1.82) is 5.26 Å². The average Bonchev–Trinajstić information content (AvgIpc) is 2.79. The Labute approximate surface area is 191 Å². The van der Waals surface area contributed by atoms with Crippen LogP contribution in [0.1, 0.15) is 18.1 Å². The standard InChI is InChI=1S/C25H21ClN2O4/c1-2-31-23-14-18(13-22(26)24(23)32-16-17-6-4-3-5-7-17)12-19(15-27)25(30)28-20-8-10-21(29)11-9-20/h3-14,29H,2,16H2,1H3,(H,28,30)/b19-12+. The second-order valence-electron chi connectivity index (χ2n) is 6.71. The topological polar surface area (TPSA) is 91.6 Å². The molecule has 7 heteroatoms. The van der Waals surface area contributed by atoms with Crippen molar-refractivity contribution in [2.45, 2.75) is 13.5 Å². The summed E-state index contributed by atoms with van der Waals surface area (Å²) in [4.78, 5) is 12.5. The fraction of sp³-hybridized carbons (Fsp3) is 0.120. The zero-order valence-corrected chi connectivity index (χ0v) is 18.1. The van der Waals surface area contributed by atoms with Crippen molar-refractivity contribution in [3.63, 3.8) is 0 Å². The van der Waals surface area contributed by atoms with E-state index in [1.165, 1.54) is 30.3 Å². The maximum Gasteiger partial charge on any atom is 0.266 e. The number of anilines is 1. The summed E-state index contributed by atoms with van der Waals surface area (Å²) in [6.07, 6.45) is 1.42. The van der Waals surface area contributed by atoms with Crippen molar-refractivity contribution in [1.82, 2.24) is 0 Å². The van der Waals surface area contributed by atoms with Crippen LogP contribution in [0.4, 0.5) is 5.69 Å². The number of rotatable bonds is 8. The summed E-state index contributed by atoms with van der Waals surface area (Å²) in [6.45, 7) is 2.54. The van der Waals surface area contributed by atoms with Crippen molar-refractivity contribution in [3.8, 4) is 23.3 Å². The van der Waals surface area contributed by atoms with Gasteiger partial charge >= 0.3 is 0 Å². The van der Waals surface area contributed by atoms with E-state index in [0.29, 0.717) is 41.0 Å². The molecule has 3 aromatic carbocycles. The van der Waals surface area contributed by atoms with Gasteiger partial charge in [-0.3, -0.25) is 4.79 Å². The Balaban J connectivity index is 1.83. The maximum atomic E-state index is 12.5. The van der Waals surface area contributed by atoms with Gasteiger partial charge in [0.25, 0.3) is 5.91 Å². The van der Waals surface area contributed by atoms with Gasteiger partial charge in [-0.2, -0.15) is 5.26 Å². The van der Waals surface area contributed by atoms with Crippen LogP contribution in [0.15, 0.2) is 72.3 Å². The molecule has 0 bridgehead atoms. The summed E-state index contributed by atoms with van der Waals surface area (Å²) in [7, 11) is 0. The minimum Gasteiger partial charge on any atom is -0.508 e. The molecule has 0 saturated heterocycles. The number of amides is 1. The van der Waals surface area contributed by atoms with Gasteiger partial charge in [0.05, 0.1) is 11.6 Å². The zero-order chi connectivity index (χ0) is 22.9. The van der Waals surface area contributed by atoms with Crippen LogP contribution in [-0.2, 0) is 11.4 Å². The van der Waals surface area contributed by atoms with E-state index in [1.807, 2.05) is 43.3 Å². The number of halogens is 1. The maximum absolute atomic E-state index is 12.5. The second-order valence-corrected chi connectivity index (χ2v) is 7.12. The number of phenolic OH excluding ortho intramolecular Hbond substituents is 1. The predicted molar refractivity (Wildman–Crippen MR) is 124 cm³/mol. The fourth-order valence-electron chi connectivity index (χ4n) is 2.86. The third-order valence-electron chi connectivity index (χ3n) is 4.36. The molecule has 0 aliphatic heterocycles. The third-order valence-corrected chi connectivity index (χ3v) is 4.64. The number of ether oxygens (including phenoxy) is 2. The van der Waals surface area contributed by atoms with Crippen LogP contribution < -0.4 is 14.8 Å². The molecule has 2 N–H and O–H groups in total. The molecule has 6 nitrogen and oxygen atoms in total. The minimum absolute atomic E-state index is 0.0757. The van der Waals surface area contributed by atoms with Crippen molar-refractivity contribution in [3.05, 3.63) is 88.5 Å². The molecule has 0 aliphatic carbocycles. The van der Waals surface area contributed by atoms with E-state index in [-0.39, 0.29) is 11.3 Å². The Morgan fingerprint density at radius 1 is 1.12 bits per heavy atom. The summed E-state index contributed by atoms with van der Waals surface area (Å²) in [5.41, 5.74) is 1.83. The molecular formula is C25H21ClN2O4. The molecule has 32 heavy (non-hydrogen) atoms. The van der Waals surface area contributed by atoms with Gasteiger partial charge in [-0.1, -0.05) is 41.9 Å². The molecule has 0 heterocycles. The van der Waals surface area contributed by atoms with Gasteiger partial charge in [-0.15, -0.1) is 0 Å². The van der Waals surface area contributed by atoms with Crippen molar-refractivity contribution >= 4 is 29.3 Å². The SMILES string of the molecule is CCOc1cc(/C=C(\C#N)C(=O)Nc2ccc(O)cc2)cc(Cl)c1OCc1ccccc1. The Bertz CT molecular complexity index is 1150. The first kappa shape index (κ1) is 22.7. The summed E-state index contributed by atoms with van der Waals surface area (Å²) in [5.74, 6) is 0.295. The van der Waals surface area contributed by atoms with Crippen LogP contribution in [0.2, 0.25) is 5.02 Å². The lowest BCUT2D eigenvalue weighted by molar-refractivity contribution is -0.112. The molecule has 3 aromatic rings. The van der Waals surface area contributed by atoms with Crippen molar-refractivity contribution < 1.29 is 19.4 Å². The third kappa shape index (κ3) is 6.03. The normalized spacial score (nSPS) is 10.8. The molecule has 0 atom stereocenters.